The number of fused-ring (bicyclic) bond motifs is 1. The van der Waals surface area contributed by atoms with E-state index < -0.39 is 54.3 Å². The zero-order valence-corrected chi connectivity index (χ0v) is 17.3. The number of phenolic OH excluding ortho intramolecular Hbond substituents is 2. The van der Waals surface area contributed by atoms with Crippen LogP contribution in [0.5, 0.6) is 23.0 Å². The third-order valence-corrected chi connectivity index (χ3v) is 5.63. The standard InChI is InChI=1S/C22H22O11/c1-8-2-3-9(14-7-12(25)16-11(24)5-10(23)6-15(16)31-14)4-13(8)32-22-19(28)17(26)18(27)20(33-22)21(29)30/h2-6,14,17-20,22-24,26-28H,7H2,1H3,(H,29,30). The van der Waals surface area contributed by atoms with Gasteiger partial charge in [-0.2, -0.15) is 0 Å². The van der Waals surface area contributed by atoms with Gasteiger partial charge in [0.15, 0.2) is 11.9 Å². The van der Waals surface area contributed by atoms with E-state index in [1.165, 1.54) is 12.1 Å². The molecule has 6 N–H and O–H groups in total. The van der Waals surface area contributed by atoms with Crippen molar-refractivity contribution in [1.82, 2.24) is 0 Å². The van der Waals surface area contributed by atoms with E-state index in [0.29, 0.717) is 11.1 Å². The molecular formula is C22H22O11. The minimum atomic E-state index is -1.85. The second-order valence-electron chi connectivity index (χ2n) is 7.95. The maximum atomic E-state index is 12.6. The van der Waals surface area contributed by atoms with E-state index in [0.717, 1.165) is 6.07 Å². The summed E-state index contributed by atoms with van der Waals surface area (Å²) < 4.78 is 16.6. The molecule has 176 valence electrons. The van der Waals surface area contributed by atoms with Gasteiger partial charge in [0, 0.05) is 12.1 Å². The minimum absolute atomic E-state index is 0.0178. The van der Waals surface area contributed by atoms with Crippen LogP contribution in [0.1, 0.15) is 34.0 Å². The summed E-state index contributed by atoms with van der Waals surface area (Å²) in [4.78, 5) is 23.9. The number of carboxylic acid groups (broad SMARTS) is 1. The molecule has 33 heavy (non-hydrogen) atoms. The molecule has 0 bridgehead atoms. The number of aromatic hydroxyl groups is 2. The largest absolute Gasteiger partial charge is 0.508 e. The Kier molecular flexibility index (Phi) is 5.89. The number of carboxylic acids is 1. The lowest BCUT2D eigenvalue weighted by molar-refractivity contribution is -0.271. The molecule has 2 aliphatic rings. The number of aliphatic carboxylic acids is 1. The Hall–Kier alpha value is -3.38. The van der Waals surface area contributed by atoms with Gasteiger partial charge in [0.05, 0.1) is 6.42 Å². The normalized spacial score (nSPS) is 29.2. The van der Waals surface area contributed by atoms with E-state index in [4.69, 9.17) is 14.2 Å². The van der Waals surface area contributed by atoms with Crippen molar-refractivity contribution < 1.29 is 54.4 Å². The van der Waals surface area contributed by atoms with E-state index in [9.17, 15) is 40.2 Å². The Morgan fingerprint density at radius 3 is 2.48 bits per heavy atom. The number of benzene rings is 2. The first-order valence-corrected chi connectivity index (χ1v) is 10.0. The van der Waals surface area contributed by atoms with Gasteiger partial charge < -0.3 is 44.8 Å². The van der Waals surface area contributed by atoms with Crippen LogP contribution in [0.15, 0.2) is 30.3 Å². The number of carbonyl (C=O) groups excluding carboxylic acids is 1. The topological polar surface area (TPSA) is 183 Å². The third-order valence-electron chi connectivity index (χ3n) is 5.63. The van der Waals surface area contributed by atoms with Crippen LogP contribution in [0.2, 0.25) is 0 Å². The number of carbonyl (C=O) groups is 2. The van der Waals surface area contributed by atoms with Gasteiger partial charge >= 0.3 is 5.97 Å². The first kappa shape index (κ1) is 22.8. The second kappa shape index (κ2) is 8.52. The predicted octanol–water partition coefficient (Wildman–Crippen LogP) is 0.384. The molecule has 0 amide bonds. The summed E-state index contributed by atoms with van der Waals surface area (Å²) in [6.45, 7) is 1.67. The van der Waals surface area contributed by atoms with Crippen molar-refractivity contribution >= 4 is 11.8 Å². The van der Waals surface area contributed by atoms with Gasteiger partial charge in [0.2, 0.25) is 6.29 Å². The summed E-state index contributed by atoms with van der Waals surface area (Å²) in [5, 5.41) is 58.9. The molecule has 6 unspecified atom stereocenters. The fourth-order valence-corrected chi connectivity index (χ4v) is 3.83. The number of phenols is 2. The zero-order valence-electron chi connectivity index (χ0n) is 17.3. The molecule has 0 saturated carbocycles. The van der Waals surface area contributed by atoms with Crippen LogP contribution in [0.3, 0.4) is 0 Å². The molecule has 0 spiro atoms. The van der Waals surface area contributed by atoms with Crippen LogP contribution in [0.4, 0.5) is 0 Å². The monoisotopic (exact) mass is 462 g/mol. The molecule has 2 aliphatic heterocycles. The highest BCUT2D eigenvalue weighted by Gasteiger charge is 2.48. The number of aryl methyl sites for hydroxylation is 1. The van der Waals surface area contributed by atoms with Crippen molar-refractivity contribution in [2.24, 2.45) is 0 Å². The fraction of sp³-hybridized carbons (Fsp3) is 0.364. The van der Waals surface area contributed by atoms with Crippen molar-refractivity contribution in [1.29, 1.82) is 0 Å². The van der Waals surface area contributed by atoms with E-state index in [2.05, 4.69) is 0 Å². The number of ketones is 1. The predicted molar refractivity (Wildman–Crippen MR) is 108 cm³/mol. The van der Waals surface area contributed by atoms with Crippen LogP contribution < -0.4 is 9.47 Å². The zero-order chi connectivity index (χ0) is 24.0. The van der Waals surface area contributed by atoms with Gasteiger partial charge in [-0.3, -0.25) is 4.79 Å². The maximum absolute atomic E-state index is 12.6. The first-order chi connectivity index (χ1) is 15.6. The number of Topliss-reactive ketones (excluding diaryl/α,β-unsaturated/α-hetero) is 1. The van der Waals surface area contributed by atoms with Gasteiger partial charge in [-0.15, -0.1) is 0 Å². The SMILES string of the molecule is Cc1ccc(C2CC(=O)c3c(O)cc(O)cc3O2)cc1OC1OC(C(=O)O)C(O)C(O)C1O. The Labute approximate surface area is 187 Å². The lowest BCUT2D eigenvalue weighted by Crippen LogP contribution is -2.61. The molecule has 11 nitrogen and oxygen atoms in total. The van der Waals surface area contributed by atoms with Crippen molar-refractivity contribution in [3.63, 3.8) is 0 Å². The summed E-state index contributed by atoms with van der Waals surface area (Å²) in [6, 6.07) is 7.08. The summed E-state index contributed by atoms with van der Waals surface area (Å²) >= 11 is 0. The van der Waals surface area contributed by atoms with Crippen LogP contribution in [0, 0.1) is 6.92 Å². The van der Waals surface area contributed by atoms with E-state index in [1.54, 1.807) is 19.1 Å². The molecule has 11 heteroatoms. The molecule has 0 radical (unpaired) electrons. The molecule has 0 aliphatic carbocycles. The number of ether oxygens (including phenoxy) is 3. The third kappa shape index (κ3) is 4.18. The summed E-state index contributed by atoms with van der Waals surface area (Å²) in [5.41, 5.74) is 1.02. The molecule has 2 aromatic carbocycles. The Bertz CT molecular complexity index is 1100. The van der Waals surface area contributed by atoms with Crippen LogP contribution in [0.25, 0.3) is 0 Å². The molecule has 6 atom stereocenters. The fourth-order valence-electron chi connectivity index (χ4n) is 3.83. The van der Waals surface area contributed by atoms with Gasteiger partial charge in [-0.05, 0) is 24.1 Å². The lowest BCUT2D eigenvalue weighted by atomic mass is 9.94. The Morgan fingerprint density at radius 2 is 1.79 bits per heavy atom. The van der Waals surface area contributed by atoms with Crippen LogP contribution >= 0.6 is 0 Å². The average Bonchev–Trinajstić information content (AvgIpc) is 2.74. The molecule has 4 rings (SSSR count). The summed E-state index contributed by atoms with van der Waals surface area (Å²) in [7, 11) is 0. The van der Waals surface area contributed by atoms with Crippen molar-refractivity contribution in [2.45, 2.75) is 50.2 Å². The highest BCUT2D eigenvalue weighted by atomic mass is 16.7. The Morgan fingerprint density at radius 1 is 1.06 bits per heavy atom. The van der Waals surface area contributed by atoms with Crippen LogP contribution in [-0.4, -0.2) is 73.1 Å². The number of aliphatic hydroxyl groups excluding tert-OH is 3. The number of hydrogen-bond donors (Lipinski definition) is 6. The molecule has 0 aromatic heterocycles. The van der Waals surface area contributed by atoms with Crippen molar-refractivity contribution in [2.75, 3.05) is 0 Å². The van der Waals surface area contributed by atoms with Crippen molar-refractivity contribution in [3.8, 4) is 23.0 Å². The first-order valence-electron chi connectivity index (χ1n) is 10.0. The summed E-state index contributed by atoms with van der Waals surface area (Å²) in [6.07, 6.45) is -9.70. The maximum Gasteiger partial charge on any atom is 0.335 e. The van der Waals surface area contributed by atoms with E-state index in [-0.39, 0.29) is 29.2 Å². The molecular weight excluding hydrogens is 440 g/mol. The summed E-state index contributed by atoms with van der Waals surface area (Å²) in [5.74, 6) is -2.42. The molecule has 2 heterocycles. The molecule has 1 saturated heterocycles. The Balaban J connectivity index is 1.60. The number of rotatable bonds is 4. The second-order valence-corrected chi connectivity index (χ2v) is 7.95. The minimum Gasteiger partial charge on any atom is -0.508 e. The number of aliphatic hydroxyl groups is 3. The van der Waals surface area contributed by atoms with Gasteiger partial charge in [0.1, 0.15) is 53.0 Å². The quantitative estimate of drug-likeness (QED) is 0.369. The average molecular weight is 462 g/mol. The van der Waals surface area contributed by atoms with E-state index in [1.807, 2.05) is 0 Å². The highest BCUT2D eigenvalue weighted by molar-refractivity contribution is 6.02. The highest BCUT2D eigenvalue weighted by Crippen LogP contribution is 2.42. The molecule has 1 fully saturated rings. The van der Waals surface area contributed by atoms with Crippen LogP contribution in [-0.2, 0) is 9.53 Å². The van der Waals surface area contributed by atoms with Crippen molar-refractivity contribution in [3.05, 3.63) is 47.0 Å². The number of hydrogen-bond acceptors (Lipinski definition) is 10. The van der Waals surface area contributed by atoms with E-state index >= 15 is 0 Å². The smallest absolute Gasteiger partial charge is 0.335 e. The lowest BCUT2D eigenvalue weighted by Gasteiger charge is -2.38. The van der Waals surface area contributed by atoms with Gasteiger partial charge in [0.25, 0.3) is 0 Å². The van der Waals surface area contributed by atoms with Gasteiger partial charge in [-0.1, -0.05) is 12.1 Å². The van der Waals surface area contributed by atoms with Gasteiger partial charge in [-0.25, -0.2) is 4.79 Å². The molecule has 2 aromatic rings.